The molecule has 1 amide bonds. The van der Waals surface area contributed by atoms with E-state index in [-0.39, 0.29) is 12.5 Å². The number of ether oxygens (including phenoxy) is 1. The summed E-state index contributed by atoms with van der Waals surface area (Å²) in [4.78, 5) is 16.8. The highest BCUT2D eigenvalue weighted by Crippen LogP contribution is 2.22. The molecule has 0 radical (unpaired) electrons. The molecule has 6 heteroatoms. The molecule has 1 saturated heterocycles. The number of rotatable bonds is 5. The van der Waals surface area contributed by atoms with Crippen LogP contribution in [0.15, 0.2) is 46.9 Å². The molecule has 0 saturated carbocycles. The van der Waals surface area contributed by atoms with Crippen LogP contribution in [0, 0.1) is 6.92 Å². The first kappa shape index (κ1) is 18.7. The number of likely N-dealkylation sites (N-methyl/N-ethyl adjacent to an activating group) is 1. The predicted molar refractivity (Wildman–Crippen MR) is 109 cm³/mol. The number of nitrogens with zero attached hydrogens (tertiary/aromatic N) is 2. The second-order valence-electron chi connectivity index (χ2n) is 6.59. The summed E-state index contributed by atoms with van der Waals surface area (Å²) < 4.78 is 6.58. The van der Waals surface area contributed by atoms with E-state index >= 15 is 0 Å². The minimum atomic E-state index is -0.169. The second kappa shape index (κ2) is 8.56. The fourth-order valence-electron chi connectivity index (χ4n) is 2.87. The van der Waals surface area contributed by atoms with Crippen LogP contribution in [0.2, 0.25) is 0 Å². The fraction of sp³-hybridized carbons (Fsp3) is 0.350. The van der Waals surface area contributed by atoms with Crippen LogP contribution in [0.25, 0.3) is 0 Å². The summed E-state index contributed by atoms with van der Waals surface area (Å²) >= 11 is 3.45. The van der Waals surface area contributed by atoms with Crippen molar-refractivity contribution >= 4 is 33.2 Å². The number of carbonyl (C=O) groups is 1. The summed E-state index contributed by atoms with van der Waals surface area (Å²) in [7, 11) is 2.15. The van der Waals surface area contributed by atoms with Gasteiger partial charge in [0.05, 0.1) is 0 Å². The number of aryl methyl sites for hydroxylation is 1. The number of carbonyl (C=O) groups excluding carboxylic acids is 1. The quantitative estimate of drug-likeness (QED) is 0.807. The third kappa shape index (κ3) is 4.99. The van der Waals surface area contributed by atoms with E-state index < -0.39 is 0 Å². The van der Waals surface area contributed by atoms with E-state index in [0.29, 0.717) is 5.75 Å². The van der Waals surface area contributed by atoms with E-state index in [9.17, 15) is 4.79 Å². The van der Waals surface area contributed by atoms with Gasteiger partial charge in [-0.2, -0.15) is 0 Å². The van der Waals surface area contributed by atoms with E-state index in [2.05, 4.69) is 50.2 Å². The van der Waals surface area contributed by atoms with Crippen molar-refractivity contribution in [1.82, 2.24) is 4.90 Å². The van der Waals surface area contributed by atoms with Crippen molar-refractivity contribution in [3.8, 4) is 5.75 Å². The largest absolute Gasteiger partial charge is 0.484 e. The lowest BCUT2D eigenvalue weighted by Gasteiger charge is -2.34. The lowest BCUT2D eigenvalue weighted by Crippen LogP contribution is -2.44. The van der Waals surface area contributed by atoms with Crippen LogP contribution in [-0.2, 0) is 4.79 Å². The van der Waals surface area contributed by atoms with E-state index in [4.69, 9.17) is 4.74 Å². The van der Waals surface area contributed by atoms with Crippen molar-refractivity contribution in [1.29, 1.82) is 0 Å². The molecule has 2 aromatic carbocycles. The molecule has 138 valence electrons. The number of amides is 1. The Morgan fingerprint density at radius 2 is 1.81 bits per heavy atom. The van der Waals surface area contributed by atoms with Crippen LogP contribution < -0.4 is 15.0 Å². The maximum absolute atomic E-state index is 12.1. The van der Waals surface area contributed by atoms with Crippen LogP contribution in [-0.4, -0.2) is 50.6 Å². The number of halogens is 1. The van der Waals surface area contributed by atoms with E-state index in [0.717, 1.165) is 41.9 Å². The standard InChI is InChI=1S/C20H24BrN3O2/c1-15-13-18(7-8-19(15)21)26-14-20(25)22-16-3-5-17(6-4-16)24-11-9-23(2)10-12-24/h3-8,13H,9-12,14H2,1-2H3,(H,22,25). The number of hydrogen-bond acceptors (Lipinski definition) is 4. The molecular weight excluding hydrogens is 394 g/mol. The zero-order chi connectivity index (χ0) is 18.5. The van der Waals surface area contributed by atoms with Crippen molar-refractivity contribution < 1.29 is 9.53 Å². The Balaban J connectivity index is 1.50. The number of hydrogen-bond donors (Lipinski definition) is 1. The van der Waals surface area contributed by atoms with Crippen molar-refractivity contribution in [3.05, 3.63) is 52.5 Å². The first-order chi connectivity index (χ1) is 12.5. The van der Waals surface area contributed by atoms with Gasteiger partial charge in [-0.1, -0.05) is 15.9 Å². The third-order valence-corrected chi connectivity index (χ3v) is 5.41. The zero-order valence-corrected chi connectivity index (χ0v) is 16.8. The number of piperazine rings is 1. The topological polar surface area (TPSA) is 44.8 Å². The minimum absolute atomic E-state index is 0.0126. The molecule has 26 heavy (non-hydrogen) atoms. The summed E-state index contributed by atoms with van der Waals surface area (Å²) in [6.45, 7) is 6.18. The number of benzene rings is 2. The van der Waals surface area contributed by atoms with Crippen molar-refractivity contribution in [2.75, 3.05) is 50.1 Å². The number of anilines is 2. The molecule has 0 unspecified atom stereocenters. The molecule has 1 heterocycles. The summed E-state index contributed by atoms with van der Waals surface area (Å²) in [5, 5.41) is 2.88. The highest BCUT2D eigenvalue weighted by molar-refractivity contribution is 9.10. The van der Waals surface area contributed by atoms with Crippen LogP contribution >= 0.6 is 15.9 Å². The molecule has 0 aliphatic carbocycles. The Morgan fingerprint density at radius 1 is 1.12 bits per heavy atom. The normalized spacial score (nSPS) is 15.0. The molecule has 1 aliphatic rings. The summed E-state index contributed by atoms with van der Waals surface area (Å²) in [5.74, 6) is 0.518. The van der Waals surface area contributed by atoms with Crippen LogP contribution in [0.3, 0.4) is 0 Å². The molecule has 3 rings (SSSR count). The van der Waals surface area contributed by atoms with E-state index in [1.807, 2.05) is 37.3 Å². The second-order valence-corrected chi connectivity index (χ2v) is 7.44. The van der Waals surface area contributed by atoms with Gasteiger partial charge in [0.15, 0.2) is 6.61 Å². The van der Waals surface area contributed by atoms with Crippen LogP contribution in [0.4, 0.5) is 11.4 Å². The smallest absolute Gasteiger partial charge is 0.262 e. The monoisotopic (exact) mass is 417 g/mol. The molecule has 0 bridgehead atoms. The maximum atomic E-state index is 12.1. The van der Waals surface area contributed by atoms with E-state index in [1.165, 1.54) is 5.69 Å². The van der Waals surface area contributed by atoms with Gasteiger partial charge in [-0.15, -0.1) is 0 Å². The Kier molecular flexibility index (Phi) is 6.16. The Morgan fingerprint density at radius 3 is 2.46 bits per heavy atom. The Hall–Kier alpha value is -2.05. The highest BCUT2D eigenvalue weighted by Gasteiger charge is 2.14. The minimum Gasteiger partial charge on any atom is -0.484 e. The SMILES string of the molecule is Cc1cc(OCC(=O)Nc2ccc(N3CCN(C)CC3)cc2)ccc1Br. The van der Waals surface area contributed by atoms with Gasteiger partial charge >= 0.3 is 0 Å². The van der Waals surface area contributed by atoms with Crippen LogP contribution in [0.1, 0.15) is 5.56 Å². The van der Waals surface area contributed by atoms with Crippen LogP contribution in [0.5, 0.6) is 5.75 Å². The molecule has 0 atom stereocenters. The first-order valence-electron chi connectivity index (χ1n) is 8.73. The van der Waals surface area contributed by atoms with Crippen molar-refractivity contribution in [3.63, 3.8) is 0 Å². The average Bonchev–Trinajstić information content (AvgIpc) is 2.64. The van der Waals surface area contributed by atoms with E-state index in [1.54, 1.807) is 0 Å². The Labute approximate surface area is 163 Å². The van der Waals surface area contributed by atoms with Gasteiger partial charge in [0.1, 0.15) is 5.75 Å². The van der Waals surface area contributed by atoms with Gasteiger partial charge in [-0.3, -0.25) is 4.79 Å². The maximum Gasteiger partial charge on any atom is 0.262 e. The lowest BCUT2D eigenvalue weighted by atomic mass is 10.2. The van der Waals surface area contributed by atoms with Gasteiger partial charge in [-0.25, -0.2) is 0 Å². The molecule has 2 aromatic rings. The molecule has 0 aromatic heterocycles. The highest BCUT2D eigenvalue weighted by atomic mass is 79.9. The van der Waals surface area contributed by atoms with Gasteiger partial charge in [0.25, 0.3) is 5.91 Å². The predicted octanol–water partition coefficient (Wildman–Crippen LogP) is 3.53. The van der Waals surface area contributed by atoms with Crippen molar-refractivity contribution in [2.45, 2.75) is 6.92 Å². The lowest BCUT2D eigenvalue weighted by molar-refractivity contribution is -0.118. The van der Waals surface area contributed by atoms with Gasteiger partial charge in [0, 0.05) is 42.0 Å². The zero-order valence-electron chi connectivity index (χ0n) is 15.2. The van der Waals surface area contributed by atoms with Gasteiger partial charge in [0.2, 0.25) is 0 Å². The molecule has 0 spiro atoms. The molecule has 5 nitrogen and oxygen atoms in total. The van der Waals surface area contributed by atoms with Crippen molar-refractivity contribution in [2.24, 2.45) is 0 Å². The summed E-state index contributed by atoms with van der Waals surface area (Å²) in [5.41, 5.74) is 3.04. The Bertz CT molecular complexity index is 756. The summed E-state index contributed by atoms with van der Waals surface area (Å²) in [6.07, 6.45) is 0. The average molecular weight is 418 g/mol. The third-order valence-electron chi connectivity index (χ3n) is 4.52. The first-order valence-corrected chi connectivity index (χ1v) is 9.53. The molecular formula is C20H24BrN3O2. The molecule has 1 fully saturated rings. The van der Waals surface area contributed by atoms with Gasteiger partial charge in [-0.05, 0) is 62.0 Å². The molecule has 1 aliphatic heterocycles. The molecule has 1 N–H and O–H groups in total. The fourth-order valence-corrected chi connectivity index (χ4v) is 3.12. The number of nitrogens with one attached hydrogen (secondary N) is 1. The summed E-state index contributed by atoms with van der Waals surface area (Å²) in [6, 6.07) is 13.7. The van der Waals surface area contributed by atoms with Gasteiger partial charge < -0.3 is 19.9 Å².